The second-order valence-electron chi connectivity index (χ2n) is 6.04. The summed E-state index contributed by atoms with van der Waals surface area (Å²) in [6, 6.07) is 4.89. The maximum absolute atomic E-state index is 12.5. The Balaban J connectivity index is 3.36. The van der Waals surface area contributed by atoms with Gasteiger partial charge < -0.3 is 4.74 Å². The largest absolute Gasteiger partial charge is 0.459 e. The molecule has 1 atom stereocenters. The zero-order chi connectivity index (χ0) is 18.7. The third-order valence-electron chi connectivity index (χ3n) is 2.90. The van der Waals surface area contributed by atoms with Crippen LogP contribution in [0.15, 0.2) is 18.2 Å². The molecule has 0 fully saturated rings. The number of rotatable bonds is 5. The summed E-state index contributed by atoms with van der Waals surface area (Å²) < 4.78 is 5.05. The first-order valence-electron chi connectivity index (χ1n) is 6.94. The lowest BCUT2D eigenvalue weighted by atomic mass is 9.92. The van der Waals surface area contributed by atoms with Crippen LogP contribution in [0.3, 0.4) is 0 Å². The van der Waals surface area contributed by atoms with Crippen LogP contribution in [-0.2, 0) is 14.3 Å². The van der Waals surface area contributed by atoms with Gasteiger partial charge in [-0.2, -0.15) is 5.26 Å². The molecule has 0 radical (unpaired) electrons. The minimum atomic E-state index is -1.80. The Morgan fingerprint density at radius 3 is 2.29 bits per heavy atom. The zero-order valence-electron chi connectivity index (χ0n) is 13.7. The van der Waals surface area contributed by atoms with Gasteiger partial charge in [0, 0.05) is 6.07 Å². The van der Waals surface area contributed by atoms with Crippen molar-refractivity contribution in [2.75, 3.05) is 0 Å². The van der Waals surface area contributed by atoms with Gasteiger partial charge in [0.2, 0.25) is 0 Å². The minimum absolute atomic E-state index is 0.0186. The van der Waals surface area contributed by atoms with E-state index in [1.54, 1.807) is 26.8 Å². The molecule has 8 nitrogen and oxygen atoms in total. The van der Waals surface area contributed by atoms with Crippen molar-refractivity contribution < 1.29 is 24.0 Å². The van der Waals surface area contributed by atoms with Gasteiger partial charge in [0.25, 0.3) is 5.69 Å². The first-order chi connectivity index (χ1) is 11.0. The number of Topliss-reactive ketones (excluding diaryl/α,β-unsaturated/α-hetero) is 2. The lowest BCUT2D eigenvalue weighted by molar-refractivity contribution is -0.385. The van der Waals surface area contributed by atoms with Crippen molar-refractivity contribution in [3.8, 4) is 6.07 Å². The Morgan fingerprint density at radius 2 is 1.88 bits per heavy atom. The second-order valence-corrected chi connectivity index (χ2v) is 6.04. The van der Waals surface area contributed by atoms with Crippen molar-refractivity contribution in [2.45, 2.75) is 33.3 Å². The van der Waals surface area contributed by atoms with Crippen molar-refractivity contribution in [1.29, 1.82) is 5.26 Å². The van der Waals surface area contributed by atoms with E-state index in [4.69, 9.17) is 10.00 Å². The fourth-order valence-corrected chi connectivity index (χ4v) is 1.93. The Kier molecular flexibility index (Phi) is 5.53. The Bertz CT molecular complexity index is 755. The van der Waals surface area contributed by atoms with Crippen LogP contribution in [0.25, 0.3) is 0 Å². The van der Waals surface area contributed by atoms with E-state index in [0.717, 1.165) is 19.1 Å². The summed E-state index contributed by atoms with van der Waals surface area (Å²) in [5.74, 6) is -4.68. The molecule has 0 aliphatic rings. The molecule has 0 bridgehead atoms. The summed E-state index contributed by atoms with van der Waals surface area (Å²) in [6.07, 6.45) is 0. The van der Waals surface area contributed by atoms with Crippen molar-refractivity contribution >= 4 is 23.2 Å². The molecule has 0 spiro atoms. The molecule has 0 aliphatic carbocycles. The predicted octanol–water partition coefficient (Wildman–Crippen LogP) is 2.20. The third-order valence-corrected chi connectivity index (χ3v) is 2.90. The standard InChI is InChI=1S/C16H16N2O6/c1-9(19)13(15(21)24-16(2,3)4)14(20)11-6-5-10(8-17)7-12(11)18(22)23/h5-7,13H,1-4H3. The number of ether oxygens (including phenoxy) is 1. The first-order valence-corrected chi connectivity index (χ1v) is 6.94. The molecule has 0 heterocycles. The van der Waals surface area contributed by atoms with E-state index in [1.807, 2.05) is 0 Å². The van der Waals surface area contributed by atoms with Crippen LogP contribution >= 0.6 is 0 Å². The van der Waals surface area contributed by atoms with E-state index in [-0.39, 0.29) is 5.56 Å². The maximum Gasteiger partial charge on any atom is 0.325 e. The van der Waals surface area contributed by atoms with Crippen molar-refractivity contribution in [2.24, 2.45) is 5.92 Å². The SMILES string of the molecule is CC(=O)C(C(=O)OC(C)(C)C)C(=O)c1ccc(C#N)cc1[N+](=O)[O-]. The van der Waals surface area contributed by atoms with E-state index in [9.17, 15) is 24.5 Å². The fourth-order valence-electron chi connectivity index (χ4n) is 1.93. The number of nitro benzene ring substituents is 1. The molecule has 0 saturated heterocycles. The van der Waals surface area contributed by atoms with Gasteiger partial charge in [0.15, 0.2) is 17.5 Å². The van der Waals surface area contributed by atoms with Crippen LogP contribution in [-0.4, -0.2) is 28.1 Å². The van der Waals surface area contributed by atoms with Crippen LogP contribution in [0.2, 0.25) is 0 Å². The molecule has 126 valence electrons. The number of nitriles is 1. The number of ketones is 2. The van der Waals surface area contributed by atoms with Gasteiger partial charge >= 0.3 is 5.97 Å². The normalized spacial score (nSPS) is 12.0. The van der Waals surface area contributed by atoms with Gasteiger partial charge in [-0.3, -0.25) is 24.5 Å². The van der Waals surface area contributed by atoms with E-state index < -0.39 is 45.2 Å². The lowest BCUT2D eigenvalue weighted by Crippen LogP contribution is -2.36. The van der Waals surface area contributed by atoms with Crippen LogP contribution < -0.4 is 0 Å². The number of nitro groups is 1. The monoisotopic (exact) mass is 332 g/mol. The van der Waals surface area contributed by atoms with Crippen LogP contribution in [0.1, 0.15) is 43.6 Å². The minimum Gasteiger partial charge on any atom is -0.459 e. The molecule has 8 heteroatoms. The first kappa shape index (κ1) is 19.0. The number of hydrogen-bond acceptors (Lipinski definition) is 7. The molecule has 0 amide bonds. The molecular formula is C16H16N2O6. The molecule has 0 aromatic heterocycles. The Hall–Kier alpha value is -3.08. The topological polar surface area (TPSA) is 127 Å². The quantitative estimate of drug-likeness (QED) is 0.266. The van der Waals surface area contributed by atoms with Gasteiger partial charge in [-0.25, -0.2) is 0 Å². The summed E-state index contributed by atoms with van der Waals surface area (Å²) >= 11 is 0. The number of carbonyl (C=O) groups is 3. The highest BCUT2D eigenvalue weighted by atomic mass is 16.6. The lowest BCUT2D eigenvalue weighted by Gasteiger charge is -2.22. The van der Waals surface area contributed by atoms with E-state index in [2.05, 4.69) is 0 Å². The summed E-state index contributed by atoms with van der Waals surface area (Å²) in [4.78, 5) is 46.7. The molecule has 0 saturated carbocycles. The highest BCUT2D eigenvalue weighted by Crippen LogP contribution is 2.25. The van der Waals surface area contributed by atoms with Crippen molar-refractivity contribution in [3.63, 3.8) is 0 Å². The maximum atomic E-state index is 12.5. The number of nitrogens with zero attached hydrogens (tertiary/aromatic N) is 2. The molecular weight excluding hydrogens is 316 g/mol. The third kappa shape index (κ3) is 4.46. The number of hydrogen-bond donors (Lipinski definition) is 0. The number of carbonyl (C=O) groups excluding carboxylic acids is 3. The second kappa shape index (κ2) is 7.00. The summed E-state index contributed by atoms with van der Waals surface area (Å²) in [7, 11) is 0. The van der Waals surface area contributed by atoms with Gasteiger partial charge in [0.05, 0.1) is 22.1 Å². The highest BCUT2D eigenvalue weighted by Gasteiger charge is 2.38. The van der Waals surface area contributed by atoms with Crippen molar-refractivity contribution in [1.82, 2.24) is 0 Å². The van der Waals surface area contributed by atoms with Gasteiger partial charge in [-0.15, -0.1) is 0 Å². The van der Waals surface area contributed by atoms with Crippen LogP contribution in [0.5, 0.6) is 0 Å². The average molecular weight is 332 g/mol. The molecule has 0 aliphatic heterocycles. The molecule has 1 unspecified atom stereocenters. The predicted molar refractivity (Wildman–Crippen MR) is 82.2 cm³/mol. The molecule has 1 aromatic carbocycles. The molecule has 1 rings (SSSR count). The molecule has 0 N–H and O–H groups in total. The van der Waals surface area contributed by atoms with E-state index >= 15 is 0 Å². The summed E-state index contributed by atoms with van der Waals surface area (Å²) in [6.45, 7) is 5.73. The Morgan fingerprint density at radius 1 is 1.29 bits per heavy atom. The van der Waals surface area contributed by atoms with Crippen LogP contribution in [0, 0.1) is 27.4 Å². The molecule has 24 heavy (non-hydrogen) atoms. The average Bonchev–Trinajstić information content (AvgIpc) is 2.44. The van der Waals surface area contributed by atoms with Crippen LogP contribution in [0.4, 0.5) is 5.69 Å². The molecule has 1 aromatic rings. The Labute approximate surface area is 138 Å². The smallest absolute Gasteiger partial charge is 0.325 e. The van der Waals surface area contributed by atoms with Gasteiger partial charge in [0.1, 0.15) is 5.60 Å². The summed E-state index contributed by atoms with van der Waals surface area (Å²) in [5, 5.41) is 19.9. The number of esters is 1. The summed E-state index contributed by atoms with van der Waals surface area (Å²) in [5.41, 5.74) is -2.02. The van der Waals surface area contributed by atoms with E-state index in [1.165, 1.54) is 6.07 Å². The van der Waals surface area contributed by atoms with Crippen molar-refractivity contribution in [3.05, 3.63) is 39.4 Å². The highest BCUT2D eigenvalue weighted by molar-refractivity contribution is 6.23. The van der Waals surface area contributed by atoms with Gasteiger partial charge in [-0.1, -0.05) is 0 Å². The number of benzene rings is 1. The van der Waals surface area contributed by atoms with Gasteiger partial charge in [-0.05, 0) is 39.8 Å². The zero-order valence-corrected chi connectivity index (χ0v) is 13.7. The fraction of sp³-hybridized carbons (Fsp3) is 0.375. The van der Waals surface area contributed by atoms with E-state index in [0.29, 0.717) is 0 Å².